The smallest absolute Gasteiger partial charge is 0.137 e. The second kappa shape index (κ2) is 4.33. The first-order chi connectivity index (χ1) is 7.18. The van der Waals surface area contributed by atoms with Crippen LogP contribution in [0.15, 0.2) is 41.0 Å². The number of benzene rings is 1. The fourth-order valence-electron chi connectivity index (χ4n) is 1.39. The average Bonchev–Trinajstić information content (AvgIpc) is 2.20. The standard InChI is InChI=1S/C12H9BrClN/c1-8-2-4-9(5-3-8)11-10(13)6-7-15-12(11)14/h2-7H,1H3. The summed E-state index contributed by atoms with van der Waals surface area (Å²) in [5.41, 5.74) is 3.25. The van der Waals surface area contributed by atoms with Crippen LogP contribution in [0.2, 0.25) is 5.15 Å². The zero-order chi connectivity index (χ0) is 10.8. The molecule has 0 bridgehead atoms. The zero-order valence-electron chi connectivity index (χ0n) is 8.17. The Morgan fingerprint density at radius 1 is 1.13 bits per heavy atom. The van der Waals surface area contributed by atoms with Gasteiger partial charge >= 0.3 is 0 Å². The Morgan fingerprint density at radius 2 is 1.80 bits per heavy atom. The SMILES string of the molecule is Cc1ccc(-c2c(Br)ccnc2Cl)cc1. The Bertz CT molecular complexity index is 459. The molecule has 0 fully saturated rings. The molecule has 0 saturated carbocycles. The highest BCUT2D eigenvalue weighted by Crippen LogP contribution is 2.33. The fraction of sp³-hybridized carbons (Fsp3) is 0.0833. The second-order valence-electron chi connectivity index (χ2n) is 3.32. The molecule has 0 radical (unpaired) electrons. The van der Waals surface area contributed by atoms with Crippen LogP contribution in [0, 0.1) is 6.92 Å². The summed E-state index contributed by atoms with van der Waals surface area (Å²) < 4.78 is 0.964. The minimum atomic E-state index is 0.522. The highest BCUT2D eigenvalue weighted by Gasteiger charge is 2.07. The number of aryl methyl sites for hydroxylation is 1. The molecule has 1 aromatic heterocycles. The first-order valence-electron chi connectivity index (χ1n) is 4.55. The number of rotatable bonds is 1. The van der Waals surface area contributed by atoms with Gasteiger partial charge in [0, 0.05) is 16.2 Å². The van der Waals surface area contributed by atoms with Gasteiger partial charge in [-0.15, -0.1) is 0 Å². The number of aromatic nitrogens is 1. The predicted molar refractivity (Wildman–Crippen MR) is 67.1 cm³/mol. The molecule has 0 N–H and O–H groups in total. The molecular weight excluding hydrogens is 273 g/mol. The van der Waals surface area contributed by atoms with Gasteiger partial charge in [-0.3, -0.25) is 0 Å². The molecule has 1 heterocycles. The topological polar surface area (TPSA) is 12.9 Å². The van der Waals surface area contributed by atoms with Crippen molar-refractivity contribution in [2.24, 2.45) is 0 Å². The molecule has 0 amide bonds. The van der Waals surface area contributed by atoms with E-state index in [1.807, 2.05) is 18.2 Å². The predicted octanol–water partition coefficient (Wildman–Crippen LogP) is 4.47. The van der Waals surface area contributed by atoms with Crippen molar-refractivity contribution in [1.29, 1.82) is 0 Å². The van der Waals surface area contributed by atoms with Crippen LogP contribution in [0.3, 0.4) is 0 Å². The lowest BCUT2D eigenvalue weighted by Crippen LogP contribution is -1.85. The molecule has 1 aromatic carbocycles. The molecule has 2 rings (SSSR count). The Balaban J connectivity index is 2.58. The first-order valence-corrected chi connectivity index (χ1v) is 5.72. The van der Waals surface area contributed by atoms with Gasteiger partial charge in [0.05, 0.1) is 0 Å². The molecule has 0 spiro atoms. The Morgan fingerprint density at radius 3 is 2.40 bits per heavy atom. The van der Waals surface area contributed by atoms with E-state index in [1.54, 1.807) is 6.20 Å². The molecule has 2 aromatic rings. The van der Waals surface area contributed by atoms with Crippen molar-refractivity contribution < 1.29 is 0 Å². The van der Waals surface area contributed by atoms with Gasteiger partial charge in [-0.2, -0.15) is 0 Å². The summed E-state index contributed by atoms with van der Waals surface area (Å²) in [4.78, 5) is 4.07. The number of nitrogens with zero attached hydrogens (tertiary/aromatic N) is 1. The maximum Gasteiger partial charge on any atom is 0.137 e. The second-order valence-corrected chi connectivity index (χ2v) is 4.54. The van der Waals surface area contributed by atoms with Crippen molar-refractivity contribution in [2.75, 3.05) is 0 Å². The molecule has 0 saturated heterocycles. The molecule has 0 aliphatic rings. The minimum Gasteiger partial charge on any atom is -0.244 e. The van der Waals surface area contributed by atoms with E-state index in [2.05, 4.69) is 40.0 Å². The number of hydrogen-bond acceptors (Lipinski definition) is 1. The molecule has 76 valence electrons. The van der Waals surface area contributed by atoms with Gasteiger partial charge in [-0.05, 0) is 34.5 Å². The highest BCUT2D eigenvalue weighted by molar-refractivity contribution is 9.10. The Kier molecular flexibility index (Phi) is 3.08. The molecule has 0 aliphatic carbocycles. The molecule has 0 unspecified atom stereocenters. The van der Waals surface area contributed by atoms with E-state index in [4.69, 9.17) is 11.6 Å². The molecule has 1 nitrogen and oxygen atoms in total. The van der Waals surface area contributed by atoms with E-state index in [9.17, 15) is 0 Å². The van der Waals surface area contributed by atoms with Crippen LogP contribution in [0.4, 0.5) is 0 Å². The van der Waals surface area contributed by atoms with Crippen molar-refractivity contribution in [3.8, 4) is 11.1 Å². The zero-order valence-corrected chi connectivity index (χ0v) is 10.5. The van der Waals surface area contributed by atoms with E-state index in [1.165, 1.54) is 5.56 Å². The van der Waals surface area contributed by atoms with Crippen LogP contribution in [-0.2, 0) is 0 Å². The maximum absolute atomic E-state index is 6.06. The summed E-state index contributed by atoms with van der Waals surface area (Å²) in [6.07, 6.45) is 1.68. The van der Waals surface area contributed by atoms with E-state index >= 15 is 0 Å². The Labute approximate surface area is 102 Å². The van der Waals surface area contributed by atoms with E-state index < -0.39 is 0 Å². The lowest BCUT2D eigenvalue weighted by atomic mass is 10.1. The van der Waals surface area contributed by atoms with E-state index in [-0.39, 0.29) is 0 Å². The van der Waals surface area contributed by atoms with Gasteiger partial charge in [0.15, 0.2) is 0 Å². The summed E-state index contributed by atoms with van der Waals surface area (Å²) in [6, 6.07) is 10.1. The van der Waals surface area contributed by atoms with Crippen molar-refractivity contribution in [1.82, 2.24) is 4.98 Å². The molecule has 15 heavy (non-hydrogen) atoms. The lowest BCUT2D eigenvalue weighted by molar-refractivity contribution is 1.31. The third kappa shape index (κ3) is 2.21. The van der Waals surface area contributed by atoms with E-state index in [0.717, 1.165) is 15.6 Å². The summed E-state index contributed by atoms with van der Waals surface area (Å²) >= 11 is 9.54. The monoisotopic (exact) mass is 281 g/mol. The lowest BCUT2D eigenvalue weighted by Gasteiger charge is -2.06. The minimum absolute atomic E-state index is 0.522. The summed E-state index contributed by atoms with van der Waals surface area (Å²) in [5, 5.41) is 0.522. The largest absolute Gasteiger partial charge is 0.244 e. The van der Waals surface area contributed by atoms with Gasteiger partial charge in [0.2, 0.25) is 0 Å². The van der Waals surface area contributed by atoms with Crippen LogP contribution >= 0.6 is 27.5 Å². The van der Waals surface area contributed by atoms with Crippen LogP contribution in [0.25, 0.3) is 11.1 Å². The number of halogens is 2. The average molecular weight is 283 g/mol. The van der Waals surface area contributed by atoms with Crippen LogP contribution in [0.5, 0.6) is 0 Å². The van der Waals surface area contributed by atoms with Gasteiger partial charge in [-0.1, -0.05) is 41.4 Å². The van der Waals surface area contributed by atoms with Crippen LogP contribution in [0.1, 0.15) is 5.56 Å². The number of hydrogen-bond donors (Lipinski definition) is 0. The fourth-order valence-corrected chi connectivity index (χ4v) is 2.31. The van der Waals surface area contributed by atoms with E-state index in [0.29, 0.717) is 5.15 Å². The summed E-state index contributed by atoms with van der Waals surface area (Å²) in [5.74, 6) is 0. The van der Waals surface area contributed by atoms with Gasteiger partial charge < -0.3 is 0 Å². The van der Waals surface area contributed by atoms with Crippen molar-refractivity contribution in [3.05, 3.63) is 51.7 Å². The van der Waals surface area contributed by atoms with Gasteiger partial charge in [0.25, 0.3) is 0 Å². The molecule has 0 aliphatic heterocycles. The first kappa shape index (κ1) is 10.7. The van der Waals surface area contributed by atoms with Crippen molar-refractivity contribution >= 4 is 27.5 Å². The third-order valence-corrected chi connectivity index (χ3v) is 3.14. The van der Waals surface area contributed by atoms with Gasteiger partial charge in [0.1, 0.15) is 5.15 Å². The molecule has 0 atom stereocenters. The summed E-state index contributed by atoms with van der Waals surface area (Å²) in [6.45, 7) is 2.06. The van der Waals surface area contributed by atoms with Crippen LogP contribution < -0.4 is 0 Å². The normalized spacial score (nSPS) is 10.3. The maximum atomic E-state index is 6.06. The Hall–Kier alpha value is -0.860. The molecular formula is C12H9BrClN. The third-order valence-electron chi connectivity index (χ3n) is 2.19. The highest BCUT2D eigenvalue weighted by atomic mass is 79.9. The quantitative estimate of drug-likeness (QED) is 0.703. The van der Waals surface area contributed by atoms with Crippen molar-refractivity contribution in [2.45, 2.75) is 6.92 Å². The van der Waals surface area contributed by atoms with Gasteiger partial charge in [-0.25, -0.2) is 4.98 Å². The number of pyridine rings is 1. The molecule has 3 heteroatoms. The van der Waals surface area contributed by atoms with Crippen LogP contribution in [-0.4, -0.2) is 4.98 Å². The summed E-state index contributed by atoms with van der Waals surface area (Å²) in [7, 11) is 0. The van der Waals surface area contributed by atoms with Crippen molar-refractivity contribution in [3.63, 3.8) is 0 Å².